The average Bonchev–Trinajstić information content (AvgIpc) is 2.63. The van der Waals surface area contributed by atoms with Gasteiger partial charge in [-0.2, -0.15) is 0 Å². The van der Waals surface area contributed by atoms with Gasteiger partial charge in [0.05, 0.1) is 19.3 Å². The van der Waals surface area contributed by atoms with E-state index in [1.165, 1.54) is 0 Å². The number of hydrogen-bond donors (Lipinski definition) is 1. The van der Waals surface area contributed by atoms with Crippen molar-refractivity contribution >= 4 is 0 Å². The summed E-state index contributed by atoms with van der Waals surface area (Å²) in [6.45, 7) is 8.92. The molecule has 0 radical (unpaired) electrons. The van der Waals surface area contributed by atoms with Gasteiger partial charge in [0.25, 0.3) is 0 Å². The number of benzene rings is 1. The van der Waals surface area contributed by atoms with Crippen LogP contribution in [0.2, 0.25) is 0 Å². The summed E-state index contributed by atoms with van der Waals surface area (Å²) in [6.07, 6.45) is 0.576. The highest BCUT2D eigenvalue weighted by Crippen LogP contribution is 2.34. The molecule has 0 spiro atoms. The molecule has 1 N–H and O–H groups in total. The third-order valence-corrected chi connectivity index (χ3v) is 3.46. The number of ether oxygens (including phenoxy) is 2. The van der Waals surface area contributed by atoms with Crippen LogP contribution in [0.3, 0.4) is 0 Å². The minimum absolute atomic E-state index is 0.336. The van der Waals surface area contributed by atoms with Crippen molar-refractivity contribution in [3.63, 3.8) is 0 Å². The number of fused-ring (bicyclic) bond motifs is 1. The summed E-state index contributed by atoms with van der Waals surface area (Å²) >= 11 is 0. The predicted molar refractivity (Wildman–Crippen MR) is 79.3 cm³/mol. The first-order valence-electron chi connectivity index (χ1n) is 7.37. The second kappa shape index (κ2) is 6.95. The predicted octanol–water partition coefficient (Wildman–Crippen LogP) is 2.44. The van der Waals surface area contributed by atoms with Crippen LogP contribution in [0.4, 0.5) is 0 Å². The number of aliphatic hydroxyl groups excluding tert-OH is 1. The lowest BCUT2D eigenvalue weighted by Gasteiger charge is -2.28. The Labute approximate surface area is 121 Å². The highest BCUT2D eigenvalue weighted by Gasteiger charge is 2.19. The molecule has 0 fully saturated rings. The van der Waals surface area contributed by atoms with Crippen LogP contribution in [0.25, 0.3) is 0 Å². The van der Waals surface area contributed by atoms with Crippen molar-refractivity contribution in [3.05, 3.63) is 23.8 Å². The van der Waals surface area contributed by atoms with Gasteiger partial charge >= 0.3 is 0 Å². The minimum Gasteiger partial charge on any atom is -0.490 e. The number of nitrogens with zero attached hydrogens (tertiary/aromatic N) is 1. The number of hydrogen-bond acceptors (Lipinski definition) is 4. The molecule has 0 amide bonds. The molecule has 1 atom stereocenters. The standard InChI is InChI=1S/C16H25NO3/c1-12(2)17(10-13(3)18)11-14-6-4-7-15-16(14)20-9-5-8-19-15/h4,6-7,12-13,18H,5,8-11H2,1-3H3. The van der Waals surface area contributed by atoms with Gasteiger partial charge in [-0.3, -0.25) is 4.90 Å². The van der Waals surface area contributed by atoms with Crippen molar-refractivity contribution in [1.29, 1.82) is 0 Å². The van der Waals surface area contributed by atoms with Crippen LogP contribution in [0.15, 0.2) is 18.2 Å². The number of rotatable bonds is 5. The Morgan fingerprint density at radius 2 is 1.95 bits per heavy atom. The fourth-order valence-electron chi connectivity index (χ4n) is 2.39. The smallest absolute Gasteiger partial charge is 0.165 e. The van der Waals surface area contributed by atoms with E-state index in [9.17, 15) is 5.11 Å². The van der Waals surface area contributed by atoms with Crippen LogP contribution < -0.4 is 9.47 Å². The van der Waals surface area contributed by atoms with Gasteiger partial charge in [-0.25, -0.2) is 0 Å². The monoisotopic (exact) mass is 279 g/mol. The molecule has 1 aliphatic heterocycles. The maximum absolute atomic E-state index is 9.64. The Kier molecular flexibility index (Phi) is 5.26. The van der Waals surface area contributed by atoms with E-state index in [0.717, 1.165) is 30.0 Å². The second-order valence-electron chi connectivity index (χ2n) is 5.67. The van der Waals surface area contributed by atoms with E-state index in [4.69, 9.17) is 9.47 Å². The van der Waals surface area contributed by atoms with Crippen LogP contribution in [0.5, 0.6) is 11.5 Å². The lowest BCUT2D eigenvalue weighted by atomic mass is 10.1. The fraction of sp³-hybridized carbons (Fsp3) is 0.625. The quantitative estimate of drug-likeness (QED) is 0.899. The van der Waals surface area contributed by atoms with E-state index < -0.39 is 0 Å². The van der Waals surface area contributed by atoms with Gasteiger partial charge in [0, 0.05) is 31.1 Å². The van der Waals surface area contributed by atoms with Crippen molar-refractivity contribution in [1.82, 2.24) is 4.90 Å². The molecule has 1 unspecified atom stereocenters. The van der Waals surface area contributed by atoms with E-state index in [1.54, 1.807) is 0 Å². The fourth-order valence-corrected chi connectivity index (χ4v) is 2.39. The Bertz CT molecular complexity index is 432. The highest BCUT2D eigenvalue weighted by molar-refractivity contribution is 5.47. The first-order chi connectivity index (χ1) is 9.58. The molecule has 2 rings (SSSR count). The van der Waals surface area contributed by atoms with Gasteiger partial charge in [-0.15, -0.1) is 0 Å². The maximum atomic E-state index is 9.64. The van der Waals surface area contributed by atoms with E-state index in [1.807, 2.05) is 19.1 Å². The molecule has 112 valence electrons. The SMILES string of the molecule is CC(O)CN(Cc1cccc2c1OCCCO2)C(C)C. The summed E-state index contributed by atoms with van der Waals surface area (Å²) in [5, 5.41) is 9.64. The maximum Gasteiger partial charge on any atom is 0.165 e. The van der Waals surface area contributed by atoms with Crippen LogP contribution in [-0.2, 0) is 6.54 Å². The second-order valence-corrected chi connectivity index (χ2v) is 5.67. The first kappa shape index (κ1) is 15.1. The third-order valence-electron chi connectivity index (χ3n) is 3.46. The lowest BCUT2D eigenvalue weighted by molar-refractivity contribution is 0.102. The molecule has 1 heterocycles. The van der Waals surface area contributed by atoms with E-state index in [0.29, 0.717) is 25.8 Å². The molecular weight excluding hydrogens is 254 g/mol. The molecule has 20 heavy (non-hydrogen) atoms. The molecule has 1 aromatic rings. The molecule has 0 saturated heterocycles. The Morgan fingerprint density at radius 1 is 1.20 bits per heavy atom. The first-order valence-corrected chi connectivity index (χ1v) is 7.37. The van der Waals surface area contributed by atoms with Gasteiger partial charge in [-0.1, -0.05) is 12.1 Å². The van der Waals surface area contributed by atoms with E-state index in [-0.39, 0.29) is 6.10 Å². The van der Waals surface area contributed by atoms with Crippen molar-refractivity contribution in [2.75, 3.05) is 19.8 Å². The zero-order valence-corrected chi connectivity index (χ0v) is 12.6. The zero-order chi connectivity index (χ0) is 14.5. The van der Waals surface area contributed by atoms with Crippen LogP contribution >= 0.6 is 0 Å². The topological polar surface area (TPSA) is 41.9 Å². The van der Waals surface area contributed by atoms with Gasteiger partial charge < -0.3 is 14.6 Å². The summed E-state index contributed by atoms with van der Waals surface area (Å²) < 4.78 is 11.6. The van der Waals surface area contributed by atoms with Gasteiger partial charge in [0.15, 0.2) is 11.5 Å². The lowest BCUT2D eigenvalue weighted by Crippen LogP contribution is -2.36. The van der Waals surface area contributed by atoms with Crippen molar-refractivity contribution in [3.8, 4) is 11.5 Å². The zero-order valence-electron chi connectivity index (χ0n) is 12.6. The van der Waals surface area contributed by atoms with Crippen LogP contribution in [0.1, 0.15) is 32.8 Å². The summed E-state index contributed by atoms with van der Waals surface area (Å²) in [6, 6.07) is 6.40. The average molecular weight is 279 g/mol. The van der Waals surface area contributed by atoms with Crippen LogP contribution in [-0.4, -0.2) is 41.9 Å². The number of para-hydroxylation sites is 1. The molecule has 0 bridgehead atoms. The Balaban J connectivity index is 2.19. The molecule has 1 aliphatic rings. The summed E-state index contributed by atoms with van der Waals surface area (Å²) in [4.78, 5) is 2.24. The normalized spacial score (nSPS) is 16.3. The van der Waals surface area contributed by atoms with Crippen molar-refractivity contribution in [2.24, 2.45) is 0 Å². The summed E-state index contributed by atoms with van der Waals surface area (Å²) in [7, 11) is 0. The van der Waals surface area contributed by atoms with Crippen molar-refractivity contribution in [2.45, 2.75) is 45.9 Å². The van der Waals surface area contributed by atoms with E-state index in [2.05, 4.69) is 24.8 Å². The summed E-state index contributed by atoms with van der Waals surface area (Å²) in [5.74, 6) is 1.70. The molecule has 0 aliphatic carbocycles. The molecule has 4 heteroatoms. The Morgan fingerprint density at radius 3 is 2.65 bits per heavy atom. The molecule has 4 nitrogen and oxygen atoms in total. The Hall–Kier alpha value is -1.26. The number of aliphatic hydroxyl groups is 1. The largest absolute Gasteiger partial charge is 0.490 e. The molecule has 0 saturated carbocycles. The molecule has 1 aromatic carbocycles. The van der Waals surface area contributed by atoms with Gasteiger partial charge in [0.2, 0.25) is 0 Å². The highest BCUT2D eigenvalue weighted by atomic mass is 16.5. The molecular formula is C16H25NO3. The van der Waals surface area contributed by atoms with Crippen LogP contribution in [0, 0.1) is 0 Å². The van der Waals surface area contributed by atoms with Gasteiger partial charge in [-0.05, 0) is 26.8 Å². The van der Waals surface area contributed by atoms with Gasteiger partial charge in [0.1, 0.15) is 0 Å². The van der Waals surface area contributed by atoms with Crippen molar-refractivity contribution < 1.29 is 14.6 Å². The van der Waals surface area contributed by atoms with E-state index >= 15 is 0 Å². The third kappa shape index (κ3) is 3.87. The minimum atomic E-state index is -0.336. The molecule has 0 aromatic heterocycles. The summed E-state index contributed by atoms with van der Waals surface area (Å²) in [5.41, 5.74) is 1.12.